The molecule has 5 aromatic rings. The Morgan fingerprint density at radius 3 is 2.33 bits per heavy atom. The van der Waals surface area contributed by atoms with Crippen LogP contribution < -0.4 is 30.6 Å². The van der Waals surface area contributed by atoms with Crippen LogP contribution in [0.15, 0.2) is 72.0 Å². The molecule has 3 aromatic carbocycles. The molecule has 0 unspecified atom stereocenters. The number of hydrogen-bond acceptors (Lipinski definition) is 14. The minimum atomic E-state index is -3.79. The lowest BCUT2D eigenvalue weighted by atomic mass is 9.89. The summed E-state index contributed by atoms with van der Waals surface area (Å²) >= 11 is 0. The van der Waals surface area contributed by atoms with Gasteiger partial charge in [0, 0.05) is 38.3 Å². The average molecular weight is 922 g/mol. The highest BCUT2D eigenvalue weighted by Gasteiger charge is 2.33. The number of nitrogens with zero attached hydrogens (tertiary/aromatic N) is 8. The Bertz CT molecular complexity index is 2930. The Balaban J connectivity index is 0.779. The second kappa shape index (κ2) is 18.4. The van der Waals surface area contributed by atoms with Gasteiger partial charge in [-0.15, -0.1) is 0 Å². The monoisotopic (exact) mass is 921 g/mol. The van der Waals surface area contributed by atoms with Crippen molar-refractivity contribution in [3.05, 3.63) is 100 Å². The van der Waals surface area contributed by atoms with E-state index in [-0.39, 0.29) is 58.9 Å². The molecule has 342 valence electrons. The van der Waals surface area contributed by atoms with E-state index in [2.05, 4.69) is 35.2 Å². The van der Waals surface area contributed by atoms with Gasteiger partial charge in [0.05, 0.1) is 46.5 Å². The summed E-state index contributed by atoms with van der Waals surface area (Å²) in [5.74, 6) is -2.04. The Labute approximate surface area is 377 Å². The number of halogens is 2. The molecule has 1 saturated carbocycles. The van der Waals surface area contributed by atoms with Crippen molar-refractivity contribution in [1.29, 1.82) is 5.26 Å². The zero-order chi connectivity index (χ0) is 46.1. The fourth-order valence-electron chi connectivity index (χ4n) is 8.67. The SMILES string of the molecule is N#Cc1c(NS(=O)(=O)C2CCC2)ccc(F)c1Oc1ccc2ncn(-c3cnc(N4CCN(C(=O)CN5CCC(c6ccc(N[C@H]7CCC(=O)NC7=O)cc6F)CC5)CC4)nc3)c(=O)c2c1. The summed E-state index contributed by atoms with van der Waals surface area (Å²) in [6.45, 7) is 3.44. The van der Waals surface area contributed by atoms with Crippen LogP contribution in [0.1, 0.15) is 62.0 Å². The number of aromatic nitrogens is 4. The lowest BCUT2D eigenvalue weighted by Gasteiger charge is -2.37. The Kier molecular flexibility index (Phi) is 12.3. The largest absolute Gasteiger partial charge is 0.453 e. The number of nitriles is 1. The first-order chi connectivity index (χ1) is 31.8. The van der Waals surface area contributed by atoms with Gasteiger partial charge in [-0.1, -0.05) is 12.5 Å². The maximum Gasteiger partial charge on any atom is 0.266 e. The molecule has 4 aliphatic rings. The molecule has 3 N–H and O–H groups in total. The van der Waals surface area contributed by atoms with Gasteiger partial charge in [0.2, 0.25) is 33.7 Å². The molecule has 0 spiro atoms. The molecule has 3 saturated heterocycles. The van der Waals surface area contributed by atoms with Crippen LogP contribution in [0.25, 0.3) is 16.6 Å². The second-order valence-corrected chi connectivity index (χ2v) is 18.8. The van der Waals surface area contributed by atoms with E-state index < -0.39 is 44.3 Å². The van der Waals surface area contributed by atoms with E-state index in [1.807, 2.05) is 15.9 Å². The third-order valence-electron chi connectivity index (χ3n) is 12.7. The van der Waals surface area contributed by atoms with Gasteiger partial charge in [0.25, 0.3) is 5.56 Å². The zero-order valence-electron chi connectivity index (χ0n) is 35.6. The minimum Gasteiger partial charge on any atom is -0.453 e. The summed E-state index contributed by atoms with van der Waals surface area (Å²) in [6, 6.07) is 12.6. The van der Waals surface area contributed by atoms with E-state index in [9.17, 15) is 32.9 Å². The van der Waals surface area contributed by atoms with Crippen molar-refractivity contribution < 1.29 is 36.3 Å². The predicted octanol–water partition coefficient (Wildman–Crippen LogP) is 4.16. The average Bonchev–Trinajstić information content (AvgIpc) is 3.28. The number of benzene rings is 3. The fourth-order valence-corrected chi connectivity index (χ4v) is 10.3. The molecule has 1 aliphatic carbocycles. The lowest BCUT2D eigenvalue weighted by Crippen LogP contribution is -2.52. The highest BCUT2D eigenvalue weighted by molar-refractivity contribution is 7.93. The van der Waals surface area contributed by atoms with E-state index in [1.54, 1.807) is 12.1 Å². The molecule has 5 heterocycles. The van der Waals surface area contributed by atoms with Crippen LogP contribution in [-0.2, 0) is 24.4 Å². The number of carbonyl (C=O) groups is 3. The van der Waals surface area contributed by atoms with Gasteiger partial charge in [-0.3, -0.25) is 38.7 Å². The van der Waals surface area contributed by atoms with Crippen LogP contribution in [-0.4, -0.2) is 113 Å². The molecule has 3 amide bonds. The van der Waals surface area contributed by atoms with Crippen molar-refractivity contribution in [2.24, 2.45) is 0 Å². The number of anilines is 3. The van der Waals surface area contributed by atoms with Gasteiger partial charge in [-0.2, -0.15) is 5.26 Å². The van der Waals surface area contributed by atoms with Crippen molar-refractivity contribution in [3.63, 3.8) is 0 Å². The highest BCUT2D eigenvalue weighted by Crippen LogP contribution is 2.36. The number of hydrogen-bond donors (Lipinski definition) is 3. The topological polar surface area (TPSA) is 225 Å². The number of ether oxygens (including phenoxy) is 1. The third kappa shape index (κ3) is 9.23. The molecule has 0 bridgehead atoms. The summed E-state index contributed by atoms with van der Waals surface area (Å²) in [4.78, 5) is 69.9. The standard InChI is InChI=1S/C45H45F2N11O7S/c46-35-7-9-38(54-66(63,64)31-2-1-3-31)34(22-48)42(35)65-30-5-8-37-33(21-30)44(62)58(26-51-37)29-23-49-45(50-24-29)57-18-16-56(17-19-57)41(60)25-55-14-12-27(13-15-55)32-6-4-28(20-36(32)47)52-39-10-11-40(59)53-43(39)61/h4-9,20-21,23-24,26-27,31,39,52,54H,1-3,10-19,25H2,(H,53,59,61)/t39-/m0/s1. The minimum absolute atomic E-state index is 0.00317. The fraction of sp³-hybridized carbons (Fsp3) is 0.378. The summed E-state index contributed by atoms with van der Waals surface area (Å²) in [5.41, 5.74) is 0.775. The smallest absolute Gasteiger partial charge is 0.266 e. The first-order valence-electron chi connectivity index (χ1n) is 21.7. The number of nitrogens with one attached hydrogen (secondary N) is 3. The number of piperidine rings is 2. The number of likely N-dealkylation sites (tertiary alicyclic amines) is 1. The van der Waals surface area contributed by atoms with Crippen LogP contribution in [0.5, 0.6) is 11.5 Å². The maximum atomic E-state index is 15.2. The molecule has 0 radical (unpaired) electrons. The molecule has 66 heavy (non-hydrogen) atoms. The first kappa shape index (κ1) is 44.2. The number of sulfonamides is 1. The number of piperazine rings is 1. The Hall–Kier alpha value is -7.05. The van der Waals surface area contributed by atoms with Crippen molar-refractivity contribution in [3.8, 4) is 23.3 Å². The van der Waals surface area contributed by atoms with Gasteiger partial charge < -0.3 is 19.9 Å². The van der Waals surface area contributed by atoms with Crippen molar-refractivity contribution >= 4 is 56.0 Å². The predicted molar refractivity (Wildman–Crippen MR) is 238 cm³/mol. The summed E-state index contributed by atoms with van der Waals surface area (Å²) < 4.78 is 65.3. The molecule has 18 nitrogen and oxygen atoms in total. The molecular weight excluding hydrogens is 877 g/mol. The van der Waals surface area contributed by atoms with Crippen molar-refractivity contribution in [1.82, 2.24) is 34.6 Å². The van der Waals surface area contributed by atoms with E-state index in [4.69, 9.17) is 4.74 Å². The third-order valence-corrected chi connectivity index (χ3v) is 14.6. The molecule has 9 rings (SSSR count). The Morgan fingerprint density at radius 2 is 1.65 bits per heavy atom. The number of imide groups is 1. The van der Waals surface area contributed by atoms with Gasteiger partial charge in [0.15, 0.2) is 11.6 Å². The molecule has 4 fully saturated rings. The highest BCUT2D eigenvalue weighted by atomic mass is 32.2. The van der Waals surface area contributed by atoms with Crippen LogP contribution >= 0.6 is 0 Å². The molecule has 1 atom stereocenters. The van der Waals surface area contributed by atoms with E-state index in [0.717, 1.165) is 12.5 Å². The molecule has 2 aromatic heterocycles. The molecule has 3 aliphatic heterocycles. The summed E-state index contributed by atoms with van der Waals surface area (Å²) in [7, 11) is -3.79. The van der Waals surface area contributed by atoms with E-state index in [1.165, 1.54) is 53.6 Å². The second-order valence-electron chi connectivity index (χ2n) is 16.9. The number of rotatable bonds is 12. The van der Waals surface area contributed by atoms with E-state index in [0.29, 0.717) is 99.8 Å². The van der Waals surface area contributed by atoms with Gasteiger partial charge in [0.1, 0.15) is 35.6 Å². The van der Waals surface area contributed by atoms with Gasteiger partial charge in [-0.25, -0.2) is 32.2 Å². The normalized spacial score (nSPS) is 18.7. The maximum absolute atomic E-state index is 15.2. The van der Waals surface area contributed by atoms with Crippen LogP contribution in [0.3, 0.4) is 0 Å². The lowest BCUT2D eigenvalue weighted by molar-refractivity contribution is -0.134. The van der Waals surface area contributed by atoms with Crippen molar-refractivity contribution in [2.75, 3.05) is 60.8 Å². The molecule has 21 heteroatoms. The zero-order valence-corrected chi connectivity index (χ0v) is 36.4. The number of carbonyl (C=O) groups excluding carboxylic acids is 3. The molecular formula is C45H45F2N11O7S. The Morgan fingerprint density at radius 1 is 0.894 bits per heavy atom. The van der Waals surface area contributed by atoms with Gasteiger partial charge >= 0.3 is 0 Å². The van der Waals surface area contributed by atoms with E-state index >= 15 is 8.78 Å². The first-order valence-corrected chi connectivity index (χ1v) is 23.3. The quantitative estimate of drug-likeness (QED) is 0.150. The number of fused-ring (bicyclic) bond motifs is 1. The van der Waals surface area contributed by atoms with Crippen LogP contribution in [0, 0.1) is 23.0 Å². The number of amides is 3. The summed E-state index contributed by atoms with van der Waals surface area (Å²) in [5, 5.41) is 14.8. The van der Waals surface area contributed by atoms with Crippen LogP contribution in [0.4, 0.5) is 26.1 Å². The van der Waals surface area contributed by atoms with Crippen LogP contribution in [0.2, 0.25) is 0 Å². The summed E-state index contributed by atoms with van der Waals surface area (Å²) in [6.07, 6.45) is 8.04. The van der Waals surface area contributed by atoms with Gasteiger partial charge in [-0.05, 0) is 99.1 Å². The van der Waals surface area contributed by atoms with Crippen molar-refractivity contribution in [2.45, 2.75) is 62.2 Å².